The number of para-hydroxylation sites is 1. The third kappa shape index (κ3) is 5.84. The Morgan fingerprint density at radius 2 is 1.55 bits per heavy atom. The van der Waals surface area contributed by atoms with Crippen LogP contribution in [-0.4, -0.2) is 45.6 Å². The largest absolute Gasteiger partial charge is 0.368 e. The number of aromatic nitrogens is 1. The van der Waals surface area contributed by atoms with Gasteiger partial charge in [0.1, 0.15) is 5.69 Å². The van der Waals surface area contributed by atoms with Crippen molar-refractivity contribution in [1.29, 1.82) is 0 Å². The first-order chi connectivity index (χ1) is 17.8. The summed E-state index contributed by atoms with van der Waals surface area (Å²) in [5.41, 5.74) is 7.70. The summed E-state index contributed by atoms with van der Waals surface area (Å²) in [6.07, 6.45) is 0.603. The molecule has 9 nitrogen and oxygen atoms in total. The van der Waals surface area contributed by atoms with Crippen molar-refractivity contribution in [2.24, 2.45) is 22.8 Å². The number of carbonyl (C=O) groups is 3. The summed E-state index contributed by atoms with van der Waals surface area (Å²) < 4.78 is 0. The number of rotatable bonds is 11. The number of carbonyl (C=O) groups excluding carboxylic acids is 3. The molecule has 0 aliphatic rings. The second-order valence-corrected chi connectivity index (χ2v) is 10.8. The second-order valence-electron chi connectivity index (χ2n) is 10.8. The molecule has 2 aromatic carbocycles. The fraction of sp³-hybridized carbons (Fsp3) is 0.379. The van der Waals surface area contributed by atoms with Gasteiger partial charge in [-0.15, -0.1) is 0 Å². The number of nitrogens with one attached hydrogen (secondary N) is 2. The van der Waals surface area contributed by atoms with Crippen molar-refractivity contribution in [3.63, 3.8) is 0 Å². The Bertz CT molecular complexity index is 1310. The van der Waals surface area contributed by atoms with E-state index in [0.717, 1.165) is 10.9 Å². The highest BCUT2D eigenvalue weighted by Crippen LogP contribution is 2.35. The fourth-order valence-corrected chi connectivity index (χ4v) is 4.72. The monoisotopic (exact) mass is 519 g/mol. The minimum atomic E-state index is -2.88. The topological polar surface area (TPSA) is 160 Å². The van der Waals surface area contributed by atoms with Crippen LogP contribution in [0.15, 0.2) is 66.7 Å². The van der Waals surface area contributed by atoms with E-state index in [4.69, 9.17) is 11.5 Å². The molecule has 0 bridgehead atoms. The predicted octanol–water partition coefficient (Wildman–Crippen LogP) is 2.27. The molecule has 1 heterocycles. The van der Waals surface area contributed by atoms with Crippen molar-refractivity contribution in [3.05, 3.63) is 78.0 Å². The van der Waals surface area contributed by atoms with E-state index in [2.05, 4.69) is 15.6 Å². The molecule has 0 saturated heterocycles. The van der Waals surface area contributed by atoms with Gasteiger partial charge in [0.2, 0.25) is 11.6 Å². The van der Waals surface area contributed by atoms with Crippen LogP contribution in [0.1, 0.15) is 50.2 Å². The second kappa shape index (κ2) is 11.3. The van der Waals surface area contributed by atoms with Crippen molar-refractivity contribution in [2.45, 2.75) is 51.8 Å². The van der Waals surface area contributed by atoms with Gasteiger partial charge in [0.05, 0.1) is 5.52 Å². The normalized spacial score (nSPS) is 15.7. The first-order valence-electron chi connectivity index (χ1n) is 12.6. The zero-order chi connectivity index (χ0) is 28.1. The van der Waals surface area contributed by atoms with E-state index in [1.54, 1.807) is 18.2 Å². The zero-order valence-electron chi connectivity index (χ0n) is 22.3. The summed E-state index contributed by atoms with van der Waals surface area (Å²) in [6, 6.07) is 19.7. The lowest BCUT2D eigenvalue weighted by atomic mass is 9.69. The summed E-state index contributed by atoms with van der Waals surface area (Å²) >= 11 is 0. The van der Waals surface area contributed by atoms with E-state index >= 15 is 0 Å². The number of hydrogen-bond donors (Lipinski definition) is 5. The highest BCUT2D eigenvalue weighted by Gasteiger charge is 2.63. The first-order valence-corrected chi connectivity index (χ1v) is 12.6. The molecule has 7 N–H and O–H groups in total. The molecule has 0 saturated carbocycles. The maximum Gasteiger partial charge on any atom is 0.273 e. The molecule has 9 heteroatoms. The minimum Gasteiger partial charge on any atom is -0.368 e. The lowest BCUT2D eigenvalue weighted by Gasteiger charge is -2.49. The molecule has 3 amide bonds. The van der Waals surface area contributed by atoms with Gasteiger partial charge in [-0.2, -0.15) is 0 Å². The zero-order valence-corrected chi connectivity index (χ0v) is 22.3. The van der Waals surface area contributed by atoms with E-state index in [0.29, 0.717) is 11.9 Å². The Kier molecular flexibility index (Phi) is 8.54. The molecule has 202 valence electrons. The first kappa shape index (κ1) is 28.7. The third-order valence-corrected chi connectivity index (χ3v) is 6.77. The molecular weight excluding hydrogens is 482 g/mol. The van der Waals surface area contributed by atoms with Gasteiger partial charge in [0, 0.05) is 11.9 Å². The Hall–Kier alpha value is -3.82. The van der Waals surface area contributed by atoms with Gasteiger partial charge in [0.25, 0.3) is 11.8 Å². The Morgan fingerprint density at radius 1 is 0.921 bits per heavy atom. The highest BCUT2D eigenvalue weighted by atomic mass is 16.3. The number of nitrogens with zero attached hydrogens (tertiary/aromatic N) is 1. The average Bonchev–Trinajstić information content (AvgIpc) is 2.87. The molecule has 0 aliphatic heterocycles. The van der Waals surface area contributed by atoms with Crippen LogP contribution in [0.5, 0.6) is 0 Å². The molecule has 0 fully saturated rings. The third-order valence-electron chi connectivity index (χ3n) is 6.77. The SMILES string of the molecule is CCC(Cc1ccccc1)C(NCC(C)(C)C)(C(N)=O)C(O)(NC(=O)c1ccc2ccccc2n1)C(N)=O. The van der Waals surface area contributed by atoms with Crippen LogP contribution >= 0.6 is 0 Å². The lowest BCUT2D eigenvalue weighted by molar-refractivity contribution is -0.165. The van der Waals surface area contributed by atoms with Crippen molar-refractivity contribution in [3.8, 4) is 0 Å². The van der Waals surface area contributed by atoms with Crippen LogP contribution in [0.4, 0.5) is 0 Å². The fourth-order valence-electron chi connectivity index (χ4n) is 4.72. The summed E-state index contributed by atoms with van der Waals surface area (Å²) in [4.78, 5) is 44.2. The molecule has 38 heavy (non-hydrogen) atoms. The van der Waals surface area contributed by atoms with E-state index in [9.17, 15) is 19.5 Å². The molecule has 3 unspecified atom stereocenters. The van der Waals surface area contributed by atoms with Gasteiger partial charge in [0.15, 0.2) is 5.54 Å². The van der Waals surface area contributed by atoms with Crippen LogP contribution in [0.3, 0.4) is 0 Å². The maximum atomic E-state index is 13.4. The summed E-state index contributed by atoms with van der Waals surface area (Å²) in [6.45, 7) is 7.76. The van der Waals surface area contributed by atoms with E-state index in [-0.39, 0.29) is 24.1 Å². The Balaban J connectivity index is 2.14. The number of aliphatic hydroxyl groups is 1. The molecule has 0 radical (unpaired) electrons. The highest BCUT2D eigenvalue weighted by molar-refractivity contribution is 6.03. The van der Waals surface area contributed by atoms with Crippen molar-refractivity contribution in [1.82, 2.24) is 15.6 Å². The van der Waals surface area contributed by atoms with Crippen molar-refractivity contribution in [2.75, 3.05) is 6.54 Å². The Morgan fingerprint density at radius 3 is 2.13 bits per heavy atom. The van der Waals surface area contributed by atoms with Crippen LogP contribution < -0.4 is 22.1 Å². The number of amides is 3. The molecule has 0 spiro atoms. The number of fused-ring (bicyclic) bond motifs is 1. The van der Waals surface area contributed by atoms with E-state index < -0.39 is 34.9 Å². The van der Waals surface area contributed by atoms with Gasteiger partial charge < -0.3 is 21.9 Å². The molecular formula is C29H37N5O4. The van der Waals surface area contributed by atoms with Crippen molar-refractivity contribution >= 4 is 28.6 Å². The van der Waals surface area contributed by atoms with Gasteiger partial charge in [-0.05, 0) is 35.4 Å². The number of benzene rings is 2. The van der Waals surface area contributed by atoms with Crippen LogP contribution in [-0.2, 0) is 16.0 Å². The standard InChI is InChI=1S/C29H37N5O4/c1-5-21(17-19-11-7-6-8-12-19)28(25(30)36,32-18-27(2,3)4)29(38,26(31)37)34-24(35)23-16-15-20-13-9-10-14-22(20)33-23/h6-16,21,32,38H,5,17-18H2,1-4H3,(H2,30,36)(H2,31,37)(H,34,35). The number of nitrogens with two attached hydrogens (primary N) is 2. The quantitative estimate of drug-likeness (QED) is 0.244. The predicted molar refractivity (Wildman–Crippen MR) is 147 cm³/mol. The Labute approximate surface area is 223 Å². The van der Waals surface area contributed by atoms with Crippen LogP contribution in [0.25, 0.3) is 10.9 Å². The van der Waals surface area contributed by atoms with Gasteiger partial charge in [-0.25, -0.2) is 4.98 Å². The molecule has 3 atom stereocenters. The number of primary amides is 2. The maximum absolute atomic E-state index is 13.4. The lowest BCUT2D eigenvalue weighted by Crippen LogP contribution is -2.82. The molecule has 0 aliphatic carbocycles. The summed E-state index contributed by atoms with van der Waals surface area (Å²) in [7, 11) is 0. The van der Waals surface area contributed by atoms with E-state index in [1.807, 2.05) is 70.2 Å². The summed E-state index contributed by atoms with van der Waals surface area (Å²) in [5.74, 6) is -3.95. The van der Waals surface area contributed by atoms with Gasteiger partial charge in [-0.1, -0.05) is 88.7 Å². The molecule has 3 aromatic rings. The number of pyridine rings is 1. The molecule has 3 rings (SSSR count). The van der Waals surface area contributed by atoms with Crippen LogP contribution in [0, 0.1) is 11.3 Å². The summed E-state index contributed by atoms with van der Waals surface area (Å²) in [5, 5.41) is 18.2. The van der Waals surface area contributed by atoms with Crippen molar-refractivity contribution < 1.29 is 19.5 Å². The average molecular weight is 520 g/mol. The van der Waals surface area contributed by atoms with E-state index in [1.165, 1.54) is 6.07 Å². The smallest absolute Gasteiger partial charge is 0.273 e. The van der Waals surface area contributed by atoms with Gasteiger partial charge in [-0.3, -0.25) is 19.7 Å². The molecule has 1 aromatic heterocycles. The van der Waals surface area contributed by atoms with Crippen LogP contribution in [0.2, 0.25) is 0 Å². The minimum absolute atomic E-state index is 0.0614. The number of hydrogen-bond acceptors (Lipinski definition) is 6. The van der Waals surface area contributed by atoms with Gasteiger partial charge >= 0.3 is 0 Å².